The van der Waals surface area contributed by atoms with Crippen molar-refractivity contribution in [2.24, 2.45) is 10.9 Å². The zero-order chi connectivity index (χ0) is 6.57. The molecule has 0 spiro atoms. The number of rotatable bonds is 2. The fourth-order valence-corrected chi connectivity index (χ4v) is 0.585. The standard InChI is InChI=1S/C7H13N/c1-5-7(8-4)6(2)3/h5-6H,1H2,2-4H3. The Morgan fingerprint density at radius 3 is 2.12 bits per heavy atom. The molecule has 0 aromatic heterocycles. The number of allylic oxidation sites excluding steroid dienone is 1. The summed E-state index contributed by atoms with van der Waals surface area (Å²) in [4.78, 5) is 4.00. The summed E-state index contributed by atoms with van der Waals surface area (Å²) in [6, 6.07) is 0. The molecule has 0 saturated carbocycles. The molecule has 0 aliphatic rings. The van der Waals surface area contributed by atoms with Crippen LogP contribution in [0.15, 0.2) is 17.6 Å². The van der Waals surface area contributed by atoms with Crippen LogP contribution in [0.4, 0.5) is 0 Å². The van der Waals surface area contributed by atoms with Crippen molar-refractivity contribution in [1.29, 1.82) is 0 Å². The Hall–Kier alpha value is -0.590. The van der Waals surface area contributed by atoms with Gasteiger partial charge in [-0.05, 0) is 12.0 Å². The van der Waals surface area contributed by atoms with Gasteiger partial charge < -0.3 is 0 Å². The van der Waals surface area contributed by atoms with Crippen molar-refractivity contribution in [2.45, 2.75) is 13.8 Å². The average Bonchev–Trinajstić information content (AvgIpc) is 1.69. The lowest BCUT2D eigenvalue weighted by Crippen LogP contribution is -2.01. The molecule has 1 nitrogen and oxygen atoms in total. The molecule has 0 aromatic carbocycles. The maximum atomic E-state index is 4.00. The summed E-state index contributed by atoms with van der Waals surface area (Å²) >= 11 is 0. The SMILES string of the molecule is C=CC(=NC)C(C)C. The van der Waals surface area contributed by atoms with Crippen molar-refractivity contribution in [2.75, 3.05) is 7.05 Å². The summed E-state index contributed by atoms with van der Waals surface area (Å²) in [5, 5.41) is 0. The summed E-state index contributed by atoms with van der Waals surface area (Å²) in [5.74, 6) is 0.512. The van der Waals surface area contributed by atoms with Crippen LogP contribution < -0.4 is 0 Å². The van der Waals surface area contributed by atoms with E-state index in [1.54, 1.807) is 13.1 Å². The molecule has 0 rings (SSSR count). The second-order valence-corrected chi connectivity index (χ2v) is 2.01. The molecule has 0 aliphatic heterocycles. The van der Waals surface area contributed by atoms with Crippen LogP contribution in [0.5, 0.6) is 0 Å². The fraction of sp³-hybridized carbons (Fsp3) is 0.571. The van der Waals surface area contributed by atoms with Crippen molar-refractivity contribution in [3.8, 4) is 0 Å². The highest BCUT2D eigenvalue weighted by Gasteiger charge is 1.95. The van der Waals surface area contributed by atoms with Gasteiger partial charge in [0.15, 0.2) is 0 Å². The minimum absolute atomic E-state index is 0.512. The van der Waals surface area contributed by atoms with Crippen LogP contribution in [-0.4, -0.2) is 12.8 Å². The molecule has 0 heterocycles. The van der Waals surface area contributed by atoms with E-state index in [1.807, 2.05) is 0 Å². The zero-order valence-electron chi connectivity index (χ0n) is 5.81. The number of nitrogens with zero attached hydrogens (tertiary/aromatic N) is 1. The molecule has 0 amide bonds. The van der Waals surface area contributed by atoms with Crippen LogP contribution in [0.2, 0.25) is 0 Å². The molecule has 0 aliphatic carbocycles. The van der Waals surface area contributed by atoms with Gasteiger partial charge >= 0.3 is 0 Å². The second kappa shape index (κ2) is 3.42. The van der Waals surface area contributed by atoms with E-state index < -0.39 is 0 Å². The number of aliphatic imine (C=N–C) groups is 1. The molecule has 0 radical (unpaired) electrons. The fourth-order valence-electron chi connectivity index (χ4n) is 0.585. The summed E-state index contributed by atoms with van der Waals surface area (Å²) in [5.41, 5.74) is 1.07. The molecule has 0 N–H and O–H groups in total. The smallest absolute Gasteiger partial charge is 0.0364 e. The highest BCUT2D eigenvalue weighted by atomic mass is 14.7. The van der Waals surface area contributed by atoms with Gasteiger partial charge in [-0.3, -0.25) is 4.99 Å². The molecular formula is C7H13N. The maximum Gasteiger partial charge on any atom is 0.0364 e. The zero-order valence-corrected chi connectivity index (χ0v) is 5.81. The van der Waals surface area contributed by atoms with Gasteiger partial charge in [0.05, 0.1) is 0 Å². The van der Waals surface area contributed by atoms with Crippen molar-refractivity contribution in [3.05, 3.63) is 12.7 Å². The minimum Gasteiger partial charge on any atom is -0.293 e. The van der Waals surface area contributed by atoms with E-state index in [9.17, 15) is 0 Å². The normalized spacial score (nSPS) is 12.2. The molecule has 0 aromatic rings. The van der Waals surface area contributed by atoms with Gasteiger partial charge in [-0.25, -0.2) is 0 Å². The number of hydrogen-bond donors (Lipinski definition) is 0. The summed E-state index contributed by atoms with van der Waals surface area (Å²) in [6.45, 7) is 7.82. The summed E-state index contributed by atoms with van der Waals surface area (Å²) in [6.07, 6.45) is 1.80. The number of hydrogen-bond acceptors (Lipinski definition) is 1. The third kappa shape index (κ3) is 1.92. The van der Waals surface area contributed by atoms with Crippen LogP contribution in [0.3, 0.4) is 0 Å². The highest BCUT2D eigenvalue weighted by molar-refractivity contribution is 5.95. The van der Waals surface area contributed by atoms with E-state index in [4.69, 9.17) is 0 Å². The Morgan fingerprint density at radius 1 is 1.62 bits per heavy atom. The predicted octanol–water partition coefficient (Wildman–Crippen LogP) is 1.90. The van der Waals surface area contributed by atoms with E-state index >= 15 is 0 Å². The van der Waals surface area contributed by atoms with Crippen LogP contribution in [0.25, 0.3) is 0 Å². The Labute approximate surface area is 51.1 Å². The molecule has 46 valence electrons. The molecular weight excluding hydrogens is 98.1 g/mol. The van der Waals surface area contributed by atoms with Gasteiger partial charge in [-0.2, -0.15) is 0 Å². The predicted molar refractivity (Wildman–Crippen MR) is 38.4 cm³/mol. The van der Waals surface area contributed by atoms with Gasteiger partial charge in [0.1, 0.15) is 0 Å². The van der Waals surface area contributed by atoms with Gasteiger partial charge in [-0.15, -0.1) is 0 Å². The Morgan fingerprint density at radius 2 is 2.12 bits per heavy atom. The maximum absolute atomic E-state index is 4.00. The molecule has 1 heteroatoms. The second-order valence-electron chi connectivity index (χ2n) is 2.01. The third-order valence-electron chi connectivity index (χ3n) is 1.06. The molecule has 0 unspecified atom stereocenters. The van der Waals surface area contributed by atoms with Gasteiger partial charge in [0.2, 0.25) is 0 Å². The van der Waals surface area contributed by atoms with E-state index in [2.05, 4.69) is 25.4 Å². The van der Waals surface area contributed by atoms with E-state index in [1.165, 1.54) is 0 Å². The Kier molecular flexibility index (Phi) is 3.16. The monoisotopic (exact) mass is 111 g/mol. The van der Waals surface area contributed by atoms with Crippen molar-refractivity contribution in [3.63, 3.8) is 0 Å². The lowest BCUT2D eigenvalue weighted by Gasteiger charge is -2.00. The van der Waals surface area contributed by atoms with Crippen LogP contribution >= 0.6 is 0 Å². The van der Waals surface area contributed by atoms with E-state index in [0.717, 1.165) is 5.71 Å². The third-order valence-corrected chi connectivity index (χ3v) is 1.06. The first kappa shape index (κ1) is 7.41. The average molecular weight is 111 g/mol. The topological polar surface area (TPSA) is 12.4 Å². The minimum atomic E-state index is 0.512. The Bertz CT molecular complexity index is 101. The van der Waals surface area contributed by atoms with Crippen LogP contribution in [0.1, 0.15) is 13.8 Å². The van der Waals surface area contributed by atoms with Gasteiger partial charge in [0, 0.05) is 12.8 Å². The first-order valence-electron chi connectivity index (χ1n) is 2.81. The van der Waals surface area contributed by atoms with Crippen molar-refractivity contribution < 1.29 is 0 Å². The van der Waals surface area contributed by atoms with Crippen molar-refractivity contribution in [1.82, 2.24) is 0 Å². The lowest BCUT2D eigenvalue weighted by molar-refractivity contribution is 0.886. The first-order valence-corrected chi connectivity index (χ1v) is 2.81. The van der Waals surface area contributed by atoms with E-state index in [0.29, 0.717) is 5.92 Å². The molecule has 0 saturated heterocycles. The highest BCUT2D eigenvalue weighted by Crippen LogP contribution is 1.95. The van der Waals surface area contributed by atoms with Crippen molar-refractivity contribution >= 4 is 5.71 Å². The van der Waals surface area contributed by atoms with Gasteiger partial charge in [-0.1, -0.05) is 20.4 Å². The summed E-state index contributed by atoms with van der Waals surface area (Å²) in [7, 11) is 1.79. The van der Waals surface area contributed by atoms with E-state index in [-0.39, 0.29) is 0 Å². The summed E-state index contributed by atoms with van der Waals surface area (Å²) < 4.78 is 0. The largest absolute Gasteiger partial charge is 0.293 e. The quantitative estimate of drug-likeness (QED) is 0.482. The molecule has 0 bridgehead atoms. The first-order chi connectivity index (χ1) is 3.72. The molecule has 8 heavy (non-hydrogen) atoms. The van der Waals surface area contributed by atoms with Crippen LogP contribution in [-0.2, 0) is 0 Å². The van der Waals surface area contributed by atoms with Gasteiger partial charge in [0.25, 0.3) is 0 Å². The molecule has 0 atom stereocenters. The van der Waals surface area contributed by atoms with Crippen LogP contribution in [0, 0.1) is 5.92 Å². The molecule has 0 fully saturated rings. The lowest BCUT2D eigenvalue weighted by atomic mass is 10.1. The Balaban J connectivity index is 3.91.